The highest BCUT2D eigenvalue weighted by Crippen LogP contribution is 2.17. The Hall–Kier alpha value is -1.78. The van der Waals surface area contributed by atoms with Crippen LogP contribution < -0.4 is 10.9 Å². The number of carboxylic acids is 1. The SMILES string of the molecule is O=C(O)C1=C2NNC=C2CN=C1. The van der Waals surface area contributed by atoms with Crippen LogP contribution in [0.3, 0.4) is 0 Å². The largest absolute Gasteiger partial charge is 0.478 e. The number of aliphatic carboxylic acids is 1. The lowest BCUT2D eigenvalue weighted by atomic mass is 10.1. The molecule has 0 aromatic carbocycles. The van der Waals surface area contributed by atoms with Crippen molar-refractivity contribution < 1.29 is 9.90 Å². The molecule has 0 fully saturated rings. The van der Waals surface area contributed by atoms with Gasteiger partial charge in [0.1, 0.15) is 5.57 Å². The van der Waals surface area contributed by atoms with Crippen molar-refractivity contribution in [2.24, 2.45) is 4.99 Å². The van der Waals surface area contributed by atoms with Gasteiger partial charge in [0, 0.05) is 18.0 Å². The Balaban J connectivity index is 2.47. The number of dihydropyridines is 1. The fourth-order valence-electron chi connectivity index (χ4n) is 1.17. The minimum absolute atomic E-state index is 0.206. The monoisotopic (exact) mass is 165 g/mol. The minimum atomic E-state index is -0.962. The zero-order chi connectivity index (χ0) is 8.55. The molecule has 0 radical (unpaired) electrons. The lowest BCUT2D eigenvalue weighted by molar-refractivity contribution is -0.132. The first-order valence-electron chi connectivity index (χ1n) is 3.47. The Morgan fingerprint density at radius 2 is 2.50 bits per heavy atom. The molecule has 0 aromatic rings. The quantitative estimate of drug-likeness (QED) is 0.485. The molecule has 0 atom stereocenters. The molecule has 2 rings (SSSR count). The second-order valence-corrected chi connectivity index (χ2v) is 2.50. The van der Waals surface area contributed by atoms with E-state index in [0.29, 0.717) is 12.2 Å². The molecule has 12 heavy (non-hydrogen) atoms. The van der Waals surface area contributed by atoms with Crippen LogP contribution in [0, 0.1) is 0 Å². The number of hydrogen-bond acceptors (Lipinski definition) is 4. The molecule has 0 saturated carbocycles. The highest BCUT2D eigenvalue weighted by Gasteiger charge is 2.21. The smallest absolute Gasteiger partial charge is 0.339 e. The predicted octanol–water partition coefficient (Wildman–Crippen LogP) is -0.599. The molecular weight excluding hydrogens is 158 g/mol. The number of aliphatic imine (C=N–C) groups is 1. The lowest BCUT2D eigenvalue weighted by Crippen LogP contribution is -2.24. The molecule has 0 spiro atoms. The molecule has 0 aliphatic carbocycles. The van der Waals surface area contributed by atoms with Crippen LogP contribution in [0.2, 0.25) is 0 Å². The van der Waals surface area contributed by atoms with Gasteiger partial charge in [-0.2, -0.15) is 0 Å². The third-order valence-corrected chi connectivity index (χ3v) is 1.75. The molecule has 2 aliphatic rings. The summed E-state index contributed by atoms with van der Waals surface area (Å²) in [5.41, 5.74) is 7.20. The van der Waals surface area contributed by atoms with Crippen molar-refractivity contribution in [3.8, 4) is 0 Å². The highest BCUT2D eigenvalue weighted by molar-refractivity contribution is 6.10. The van der Waals surface area contributed by atoms with E-state index in [4.69, 9.17) is 5.11 Å². The van der Waals surface area contributed by atoms with Gasteiger partial charge in [-0.25, -0.2) is 4.79 Å². The molecule has 0 bridgehead atoms. The second kappa shape index (κ2) is 2.37. The molecule has 0 unspecified atom stereocenters. The van der Waals surface area contributed by atoms with E-state index in [1.807, 2.05) is 0 Å². The van der Waals surface area contributed by atoms with Gasteiger partial charge in [-0.05, 0) is 0 Å². The van der Waals surface area contributed by atoms with E-state index in [0.717, 1.165) is 5.57 Å². The summed E-state index contributed by atoms with van der Waals surface area (Å²) in [7, 11) is 0. The van der Waals surface area contributed by atoms with Gasteiger partial charge in [-0.3, -0.25) is 4.99 Å². The van der Waals surface area contributed by atoms with E-state index in [1.54, 1.807) is 6.20 Å². The first-order valence-corrected chi connectivity index (χ1v) is 3.47. The van der Waals surface area contributed by atoms with E-state index in [9.17, 15) is 4.79 Å². The van der Waals surface area contributed by atoms with Crippen molar-refractivity contribution in [3.63, 3.8) is 0 Å². The molecule has 0 amide bonds. The number of nitrogens with one attached hydrogen (secondary N) is 2. The number of hydrazine groups is 1. The van der Waals surface area contributed by atoms with Crippen molar-refractivity contribution in [3.05, 3.63) is 23.0 Å². The maximum atomic E-state index is 10.7. The fraction of sp³-hybridized carbons (Fsp3) is 0.143. The zero-order valence-corrected chi connectivity index (χ0v) is 6.16. The summed E-state index contributed by atoms with van der Waals surface area (Å²) >= 11 is 0. The molecular formula is C7H7N3O2. The van der Waals surface area contributed by atoms with Gasteiger partial charge < -0.3 is 16.0 Å². The number of hydrogen-bond donors (Lipinski definition) is 3. The van der Waals surface area contributed by atoms with Crippen LogP contribution in [0.1, 0.15) is 0 Å². The topological polar surface area (TPSA) is 73.7 Å². The molecule has 0 saturated heterocycles. The van der Waals surface area contributed by atoms with E-state index >= 15 is 0 Å². The van der Waals surface area contributed by atoms with Crippen molar-refractivity contribution in [1.29, 1.82) is 0 Å². The summed E-state index contributed by atoms with van der Waals surface area (Å²) in [5.74, 6) is -0.962. The average molecular weight is 165 g/mol. The van der Waals surface area contributed by atoms with Crippen LogP contribution in [-0.2, 0) is 4.79 Å². The normalized spacial score (nSPS) is 19.5. The van der Waals surface area contributed by atoms with Gasteiger partial charge in [-0.15, -0.1) is 0 Å². The molecule has 2 heterocycles. The summed E-state index contributed by atoms with van der Waals surface area (Å²) in [5, 5.41) is 8.74. The number of fused-ring (bicyclic) bond motifs is 1. The standard InChI is InChI=1S/C7H7N3O2/c11-7(12)5-3-8-1-4-2-9-10-6(4)5/h2-3,9-10H,1H2,(H,11,12). The Morgan fingerprint density at radius 3 is 3.25 bits per heavy atom. The second-order valence-electron chi connectivity index (χ2n) is 2.50. The predicted molar refractivity (Wildman–Crippen MR) is 42.4 cm³/mol. The third-order valence-electron chi connectivity index (χ3n) is 1.75. The first-order chi connectivity index (χ1) is 5.79. The van der Waals surface area contributed by atoms with Crippen LogP contribution in [0.15, 0.2) is 28.0 Å². The van der Waals surface area contributed by atoms with E-state index in [2.05, 4.69) is 15.8 Å². The van der Waals surface area contributed by atoms with Gasteiger partial charge >= 0.3 is 5.97 Å². The minimum Gasteiger partial charge on any atom is -0.478 e. The molecule has 5 heteroatoms. The zero-order valence-electron chi connectivity index (χ0n) is 6.16. The van der Waals surface area contributed by atoms with Crippen LogP contribution in [0.25, 0.3) is 0 Å². The Morgan fingerprint density at radius 1 is 1.67 bits per heavy atom. The average Bonchev–Trinajstić information content (AvgIpc) is 2.49. The molecule has 0 aromatic heterocycles. The number of carbonyl (C=O) groups is 1. The fourth-order valence-corrected chi connectivity index (χ4v) is 1.17. The van der Waals surface area contributed by atoms with Gasteiger partial charge in [0.15, 0.2) is 0 Å². The molecule has 3 N–H and O–H groups in total. The Bertz CT molecular complexity index is 328. The highest BCUT2D eigenvalue weighted by atomic mass is 16.4. The lowest BCUT2D eigenvalue weighted by Gasteiger charge is -2.09. The maximum Gasteiger partial charge on any atom is 0.339 e. The van der Waals surface area contributed by atoms with Gasteiger partial charge in [0.05, 0.1) is 12.2 Å². The maximum absolute atomic E-state index is 10.7. The summed E-state index contributed by atoms with van der Waals surface area (Å²) in [6.45, 7) is 0.534. The summed E-state index contributed by atoms with van der Waals surface area (Å²) in [4.78, 5) is 14.6. The van der Waals surface area contributed by atoms with Crippen molar-refractivity contribution in [2.75, 3.05) is 6.54 Å². The van der Waals surface area contributed by atoms with Crippen molar-refractivity contribution in [1.82, 2.24) is 10.9 Å². The number of nitrogens with zero attached hydrogens (tertiary/aromatic N) is 1. The summed E-state index contributed by atoms with van der Waals surface area (Å²) in [6, 6.07) is 0. The van der Waals surface area contributed by atoms with Gasteiger partial charge in [0.2, 0.25) is 0 Å². The summed E-state index contributed by atoms with van der Waals surface area (Å²) < 4.78 is 0. The van der Waals surface area contributed by atoms with Gasteiger partial charge in [0.25, 0.3) is 0 Å². The first kappa shape index (κ1) is 6.90. The number of rotatable bonds is 1. The van der Waals surface area contributed by atoms with Crippen LogP contribution in [-0.4, -0.2) is 23.8 Å². The van der Waals surface area contributed by atoms with E-state index < -0.39 is 5.97 Å². The Labute approximate surface area is 68.5 Å². The Kier molecular flexibility index (Phi) is 1.36. The molecule has 2 aliphatic heterocycles. The van der Waals surface area contributed by atoms with Crippen molar-refractivity contribution >= 4 is 12.2 Å². The van der Waals surface area contributed by atoms with Crippen LogP contribution in [0.5, 0.6) is 0 Å². The third kappa shape index (κ3) is 0.868. The molecule has 5 nitrogen and oxygen atoms in total. The van der Waals surface area contributed by atoms with Crippen LogP contribution in [0.4, 0.5) is 0 Å². The number of carboxylic acid groups (broad SMARTS) is 1. The summed E-state index contributed by atoms with van der Waals surface area (Å²) in [6.07, 6.45) is 3.09. The van der Waals surface area contributed by atoms with Crippen molar-refractivity contribution in [2.45, 2.75) is 0 Å². The van der Waals surface area contributed by atoms with Crippen LogP contribution >= 0.6 is 0 Å². The van der Waals surface area contributed by atoms with E-state index in [-0.39, 0.29) is 5.57 Å². The van der Waals surface area contributed by atoms with E-state index in [1.165, 1.54) is 6.21 Å². The molecule has 62 valence electrons. The van der Waals surface area contributed by atoms with Gasteiger partial charge in [-0.1, -0.05) is 0 Å².